The fourth-order valence-electron chi connectivity index (χ4n) is 2.19. The molecule has 0 aromatic heterocycles. The molecule has 6 heteroatoms. The summed E-state index contributed by atoms with van der Waals surface area (Å²) in [6, 6.07) is 15.7. The summed E-state index contributed by atoms with van der Waals surface area (Å²) in [5.41, 5.74) is 1.60. The fraction of sp³-hybridized carbons (Fsp3) is 0.222. The van der Waals surface area contributed by atoms with Crippen LogP contribution in [0.5, 0.6) is 0 Å². The van der Waals surface area contributed by atoms with Crippen molar-refractivity contribution < 1.29 is 14.3 Å². The Morgan fingerprint density at radius 1 is 1.08 bits per heavy atom. The zero-order valence-corrected chi connectivity index (χ0v) is 14.4. The van der Waals surface area contributed by atoms with Gasteiger partial charge in [-0.05, 0) is 36.1 Å². The average molecular weight is 344 g/mol. The number of thioether (sulfide) groups is 1. The summed E-state index contributed by atoms with van der Waals surface area (Å²) in [5, 5.41) is 5.38. The summed E-state index contributed by atoms with van der Waals surface area (Å²) in [6.45, 7) is 0. The molecule has 1 atom stereocenters. The van der Waals surface area contributed by atoms with Crippen LogP contribution >= 0.6 is 11.8 Å². The van der Waals surface area contributed by atoms with Crippen LogP contribution in [0.25, 0.3) is 0 Å². The van der Waals surface area contributed by atoms with Gasteiger partial charge in [-0.2, -0.15) is 0 Å². The zero-order valence-electron chi connectivity index (χ0n) is 13.6. The lowest BCUT2D eigenvalue weighted by Crippen LogP contribution is -2.45. The van der Waals surface area contributed by atoms with Crippen molar-refractivity contribution in [3.05, 3.63) is 60.2 Å². The highest BCUT2D eigenvalue weighted by molar-refractivity contribution is 7.98. The third-order valence-electron chi connectivity index (χ3n) is 3.42. The number of amides is 2. The van der Waals surface area contributed by atoms with Gasteiger partial charge in [0.15, 0.2) is 0 Å². The minimum atomic E-state index is -0.747. The average Bonchev–Trinajstić information content (AvgIpc) is 2.62. The van der Waals surface area contributed by atoms with Crippen molar-refractivity contribution in [1.82, 2.24) is 5.32 Å². The predicted molar refractivity (Wildman–Crippen MR) is 96.3 cm³/mol. The minimum absolute atomic E-state index is 0.367. The van der Waals surface area contributed by atoms with Crippen molar-refractivity contribution in [2.24, 2.45) is 0 Å². The summed E-state index contributed by atoms with van der Waals surface area (Å²) in [4.78, 5) is 25.2. The predicted octanol–water partition coefficient (Wildman–Crippen LogP) is 3.31. The van der Waals surface area contributed by atoms with E-state index in [1.807, 2.05) is 60.9 Å². The van der Waals surface area contributed by atoms with E-state index in [1.54, 1.807) is 11.8 Å². The van der Waals surface area contributed by atoms with Gasteiger partial charge in [0.2, 0.25) is 0 Å². The van der Waals surface area contributed by atoms with Crippen LogP contribution in [0.15, 0.2) is 59.5 Å². The normalized spacial score (nSPS) is 11.4. The second kappa shape index (κ2) is 8.98. The molecule has 0 heterocycles. The monoisotopic (exact) mass is 344 g/mol. The Morgan fingerprint density at radius 2 is 1.75 bits per heavy atom. The van der Waals surface area contributed by atoms with Gasteiger partial charge < -0.3 is 15.4 Å². The summed E-state index contributed by atoms with van der Waals surface area (Å²) in [5.74, 6) is -0.480. The van der Waals surface area contributed by atoms with Crippen molar-refractivity contribution in [3.63, 3.8) is 0 Å². The molecule has 0 saturated heterocycles. The zero-order chi connectivity index (χ0) is 17.4. The molecule has 0 aliphatic heterocycles. The third kappa shape index (κ3) is 5.31. The molecule has 126 valence electrons. The van der Waals surface area contributed by atoms with Gasteiger partial charge in [-0.25, -0.2) is 9.59 Å². The molecule has 2 amide bonds. The van der Waals surface area contributed by atoms with Crippen molar-refractivity contribution >= 4 is 29.4 Å². The highest BCUT2D eigenvalue weighted by atomic mass is 32.2. The van der Waals surface area contributed by atoms with Crippen LogP contribution in [0.4, 0.5) is 10.5 Å². The Kier molecular flexibility index (Phi) is 6.69. The number of carbonyl (C=O) groups is 2. The van der Waals surface area contributed by atoms with E-state index >= 15 is 0 Å². The summed E-state index contributed by atoms with van der Waals surface area (Å²) >= 11 is 1.63. The molecular formula is C18H20N2O3S. The first kappa shape index (κ1) is 17.9. The second-order valence-electron chi connectivity index (χ2n) is 5.09. The van der Waals surface area contributed by atoms with E-state index < -0.39 is 18.0 Å². The number of benzene rings is 2. The number of methoxy groups -OCH3 is 1. The SMILES string of the molecule is COC(=O)[C@@H](Cc1ccccc1)NC(=O)Nc1ccc(SC)cc1. The third-order valence-corrected chi connectivity index (χ3v) is 4.17. The topological polar surface area (TPSA) is 67.4 Å². The number of esters is 1. The first-order valence-electron chi connectivity index (χ1n) is 7.45. The van der Waals surface area contributed by atoms with E-state index in [0.717, 1.165) is 10.5 Å². The molecule has 2 rings (SSSR count). The standard InChI is InChI=1S/C18H20N2O3S/c1-23-17(21)16(12-13-6-4-3-5-7-13)20-18(22)19-14-8-10-15(24-2)11-9-14/h3-11,16H,12H2,1-2H3,(H2,19,20,22)/t16-/m1/s1. The molecule has 0 unspecified atom stereocenters. The maximum absolute atomic E-state index is 12.2. The first-order valence-corrected chi connectivity index (χ1v) is 8.68. The Balaban J connectivity index is 1.99. The Bertz CT molecular complexity index is 674. The van der Waals surface area contributed by atoms with Gasteiger partial charge in [0, 0.05) is 17.0 Å². The van der Waals surface area contributed by atoms with Crippen molar-refractivity contribution in [2.45, 2.75) is 17.4 Å². The van der Waals surface area contributed by atoms with E-state index in [0.29, 0.717) is 12.1 Å². The smallest absolute Gasteiger partial charge is 0.328 e. The minimum Gasteiger partial charge on any atom is -0.467 e. The molecule has 0 bridgehead atoms. The Morgan fingerprint density at radius 3 is 2.33 bits per heavy atom. The van der Waals surface area contributed by atoms with Crippen molar-refractivity contribution in [2.75, 3.05) is 18.7 Å². The molecule has 24 heavy (non-hydrogen) atoms. The van der Waals surface area contributed by atoms with E-state index in [9.17, 15) is 9.59 Å². The molecule has 0 fully saturated rings. The lowest BCUT2D eigenvalue weighted by Gasteiger charge is -2.17. The highest BCUT2D eigenvalue weighted by Crippen LogP contribution is 2.17. The van der Waals surface area contributed by atoms with Crippen molar-refractivity contribution in [1.29, 1.82) is 0 Å². The number of rotatable bonds is 6. The maximum atomic E-state index is 12.2. The van der Waals surface area contributed by atoms with Gasteiger partial charge in [-0.15, -0.1) is 11.8 Å². The van der Waals surface area contributed by atoms with Gasteiger partial charge in [0.25, 0.3) is 0 Å². The molecule has 0 spiro atoms. The highest BCUT2D eigenvalue weighted by Gasteiger charge is 2.21. The number of urea groups is 1. The van der Waals surface area contributed by atoms with Gasteiger partial charge in [-0.3, -0.25) is 0 Å². The molecule has 0 aliphatic rings. The van der Waals surface area contributed by atoms with Crippen LogP contribution in [0.2, 0.25) is 0 Å². The van der Waals surface area contributed by atoms with E-state index in [4.69, 9.17) is 4.74 Å². The van der Waals surface area contributed by atoms with Gasteiger partial charge in [-0.1, -0.05) is 30.3 Å². The van der Waals surface area contributed by atoms with Crippen LogP contribution < -0.4 is 10.6 Å². The van der Waals surface area contributed by atoms with E-state index in [1.165, 1.54) is 7.11 Å². The number of hydrogen-bond donors (Lipinski definition) is 2. The summed E-state index contributed by atoms with van der Waals surface area (Å²) in [6.07, 6.45) is 2.35. The summed E-state index contributed by atoms with van der Waals surface area (Å²) in [7, 11) is 1.31. The summed E-state index contributed by atoms with van der Waals surface area (Å²) < 4.78 is 4.78. The Labute approximate surface area is 145 Å². The molecule has 2 aromatic carbocycles. The van der Waals surface area contributed by atoms with Crippen LogP contribution in [0.1, 0.15) is 5.56 Å². The Hall–Kier alpha value is -2.47. The molecule has 2 N–H and O–H groups in total. The molecule has 0 aliphatic carbocycles. The van der Waals surface area contributed by atoms with Gasteiger partial charge in [0.1, 0.15) is 6.04 Å². The lowest BCUT2D eigenvalue weighted by atomic mass is 10.1. The number of hydrogen-bond acceptors (Lipinski definition) is 4. The maximum Gasteiger partial charge on any atom is 0.328 e. The number of anilines is 1. The molecule has 5 nitrogen and oxygen atoms in total. The first-order chi connectivity index (χ1) is 11.6. The van der Waals surface area contributed by atoms with E-state index in [-0.39, 0.29) is 0 Å². The largest absolute Gasteiger partial charge is 0.467 e. The second-order valence-corrected chi connectivity index (χ2v) is 5.97. The molecular weight excluding hydrogens is 324 g/mol. The van der Waals surface area contributed by atoms with Crippen LogP contribution in [0.3, 0.4) is 0 Å². The van der Waals surface area contributed by atoms with Gasteiger partial charge >= 0.3 is 12.0 Å². The van der Waals surface area contributed by atoms with E-state index in [2.05, 4.69) is 10.6 Å². The van der Waals surface area contributed by atoms with Crippen molar-refractivity contribution in [3.8, 4) is 0 Å². The molecule has 2 aromatic rings. The lowest BCUT2D eigenvalue weighted by molar-refractivity contribution is -0.142. The quantitative estimate of drug-likeness (QED) is 0.623. The molecule has 0 saturated carbocycles. The van der Waals surface area contributed by atoms with Crippen LogP contribution in [-0.4, -0.2) is 31.4 Å². The van der Waals surface area contributed by atoms with Gasteiger partial charge in [0.05, 0.1) is 7.11 Å². The molecule has 0 radical (unpaired) electrons. The number of carbonyl (C=O) groups excluding carboxylic acids is 2. The van der Waals surface area contributed by atoms with Crippen LogP contribution in [0, 0.1) is 0 Å². The fourth-order valence-corrected chi connectivity index (χ4v) is 2.59. The number of nitrogens with one attached hydrogen (secondary N) is 2. The van der Waals surface area contributed by atoms with Crippen LogP contribution in [-0.2, 0) is 16.0 Å². The number of ether oxygens (including phenoxy) is 1.